The normalized spacial score (nSPS) is 20.0. The number of carbonyl (C=O) groups excluding carboxylic acids is 1. The standard InChI is InChI=1S/C18H20FN3O2/c1-10-16(17(24-21-10)13-6-7-13)20-18(23)22-9-8-12-4-3-5-14(19)15(12)11(22)2/h3-5,11,13H,6-9H2,1-2H3,(H,20,23). The van der Waals surface area contributed by atoms with Gasteiger partial charge in [-0.05, 0) is 44.7 Å². The van der Waals surface area contributed by atoms with Crippen molar-refractivity contribution in [2.24, 2.45) is 0 Å². The molecule has 2 heterocycles. The number of fused-ring (bicyclic) bond motifs is 1. The lowest BCUT2D eigenvalue weighted by molar-refractivity contribution is 0.186. The molecule has 2 amide bonds. The van der Waals surface area contributed by atoms with Crippen molar-refractivity contribution in [1.29, 1.82) is 0 Å². The van der Waals surface area contributed by atoms with E-state index in [9.17, 15) is 9.18 Å². The minimum absolute atomic E-state index is 0.232. The highest BCUT2D eigenvalue weighted by atomic mass is 19.1. The molecule has 1 N–H and O–H groups in total. The third kappa shape index (κ3) is 2.46. The molecule has 0 spiro atoms. The SMILES string of the molecule is Cc1noc(C2CC2)c1NC(=O)N1CCc2cccc(F)c2C1C. The summed E-state index contributed by atoms with van der Waals surface area (Å²) in [6, 6.07) is 4.56. The Balaban J connectivity index is 1.58. The van der Waals surface area contributed by atoms with Crippen LogP contribution >= 0.6 is 0 Å². The number of benzene rings is 1. The summed E-state index contributed by atoms with van der Waals surface area (Å²) >= 11 is 0. The van der Waals surface area contributed by atoms with Gasteiger partial charge in [0.25, 0.3) is 0 Å². The van der Waals surface area contributed by atoms with Crippen LogP contribution in [-0.4, -0.2) is 22.6 Å². The highest BCUT2D eigenvalue weighted by Gasteiger charge is 2.34. The van der Waals surface area contributed by atoms with Crippen LogP contribution in [-0.2, 0) is 6.42 Å². The monoisotopic (exact) mass is 329 g/mol. The van der Waals surface area contributed by atoms with Crippen molar-refractivity contribution in [3.8, 4) is 0 Å². The van der Waals surface area contributed by atoms with Gasteiger partial charge in [-0.3, -0.25) is 0 Å². The third-order valence-electron chi connectivity index (χ3n) is 4.98. The van der Waals surface area contributed by atoms with E-state index in [0.29, 0.717) is 35.8 Å². The highest BCUT2D eigenvalue weighted by Crippen LogP contribution is 2.44. The van der Waals surface area contributed by atoms with Gasteiger partial charge in [0.15, 0.2) is 5.76 Å². The van der Waals surface area contributed by atoms with E-state index in [1.54, 1.807) is 11.0 Å². The first-order valence-corrected chi connectivity index (χ1v) is 8.37. The lowest BCUT2D eigenvalue weighted by Gasteiger charge is -2.35. The number of anilines is 1. The Kier molecular flexibility index (Phi) is 3.55. The van der Waals surface area contributed by atoms with Gasteiger partial charge in [0, 0.05) is 18.0 Å². The number of hydrogen-bond acceptors (Lipinski definition) is 3. The molecule has 2 aromatic rings. The van der Waals surface area contributed by atoms with Gasteiger partial charge in [-0.1, -0.05) is 17.3 Å². The average molecular weight is 329 g/mol. The largest absolute Gasteiger partial charge is 0.359 e. The van der Waals surface area contributed by atoms with Gasteiger partial charge in [-0.25, -0.2) is 9.18 Å². The van der Waals surface area contributed by atoms with E-state index >= 15 is 0 Å². The van der Waals surface area contributed by atoms with Crippen LogP contribution in [0.3, 0.4) is 0 Å². The number of nitrogens with one attached hydrogen (secondary N) is 1. The molecule has 126 valence electrons. The molecule has 1 aliphatic carbocycles. The molecule has 2 aliphatic rings. The summed E-state index contributed by atoms with van der Waals surface area (Å²) in [6.45, 7) is 4.25. The van der Waals surface area contributed by atoms with Crippen LogP contribution < -0.4 is 5.32 Å². The van der Waals surface area contributed by atoms with Gasteiger partial charge in [0.1, 0.15) is 17.2 Å². The summed E-state index contributed by atoms with van der Waals surface area (Å²) in [5, 5.41) is 6.92. The highest BCUT2D eigenvalue weighted by molar-refractivity contribution is 5.91. The minimum Gasteiger partial charge on any atom is -0.359 e. The number of rotatable bonds is 2. The summed E-state index contributed by atoms with van der Waals surface area (Å²) in [5.41, 5.74) is 2.95. The average Bonchev–Trinajstić information content (AvgIpc) is 3.33. The van der Waals surface area contributed by atoms with E-state index in [1.165, 1.54) is 6.07 Å². The van der Waals surface area contributed by atoms with Gasteiger partial charge >= 0.3 is 6.03 Å². The minimum atomic E-state index is -0.306. The van der Waals surface area contributed by atoms with E-state index in [-0.39, 0.29) is 17.9 Å². The molecule has 1 fully saturated rings. The maximum Gasteiger partial charge on any atom is 0.322 e. The molecule has 1 aromatic carbocycles. The summed E-state index contributed by atoms with van der Waals surface area (Å²) < 4.78 is 19.6. The number of aromatic nitrogens is 1. The Hall–Kier alpha value is -2.37. The molecule has 1 atom stereocenters. The van der Waals surface area contributed by atoms with Gasteiger partial charge in [0.2, 0.25) is 0 Å². The number of hydrogen-bond donors (Lipinski definition) is 1. The molecule has 0 radical (unpaired) electrons. The zero-order valence-corrected chi connectivity index (χ0v) is 13.8. The Morgan fingerprint density at radius 2 is 2.21 bits per heavy atom. The van der Waals surface area contributed by atoms with Crippen molar-refractivity contribution in [3.63, 3.8) is 0 Å². The van der Waals surface area contributed by atoms with Crippen LogP contribution in [0.5, 0.6) is 0 Å². The predicted molar refractivity (Wildman–Crippen MR) is 87.5 cm³/mol. The van der Waals surface area contributed by atoms with Crippen molar-refractivity contribution in [2.75, 3.05) is 11.9 Å². The predicted octanol–water partition coefficient (Wildman–Crippen LogP) is 4.15. The molecule has 1 saturated carbocycles. The first-order chi connectivity index (χ1) is 11.6. The summed E-state index contributed by atoms with van der Waals surface area (Å²) in [5.74, 6) is 0.868. The van der Waals surface area contributed by atoms with Gasteiger partial charge < -0.3 is 14.7 Å². The maximum atomic E-state index is 14.2. The zero-order chi connectivity index (χ0) is 16.8. The lowest BCUT2D eigenvalue weighted by Crippen LogP contribution is -2.42. The van der Waals surface area contributed by atoms with Crippen LogP contribution in [0.25, 0.3) is 0 Å². The third-order valence-corrected chi connectivity index (χ3v) is 4.98. The number of urea groups is 1. The fraction of sp³-hybridized carbons (Fsp3) is 0.444. The summed E-state index contributed by atoms with van der Waals surface area (Å²) in [6.07, 6.45) is 2.79. The first kappa shape index (κ1) is 15.2. The number of amides is 2. The van der Waals surface area contributed by atoms with E-state index in [4.69, 9.17) is 4.52 Å². The first-order valence-electron chi connectivity index (χ1n) is 8.37. The van der Waals surface area contributed by atoms with Crippen molar-refractivity contribution >= 4 is 11.7 Å². The van der Waals surface area contributed by atoms with Crippen LogP contribution in [0.15, 0.2) is 22.7 Å². The number of halogens is 1. The Labute approximate surface area is 139 Å². The maximum absolute atomic E-state index is 14.2. The van der Waals surface area contributed by atoms with Crippen molar-refractivity contribution in [1.82, 2.24) is 10.1 Å². The van der Waals surface area contributed by atoms with Crippen LogP contribution in [0.1, 0.15) is 54.3 Å². The van der Waals surface area contributed by atoms with E-state index in [0.717, 1.165) is 24.2 Å². The van der Waals surface area contributed by atoms with Gasteiger partial charge in [-0.2, -0.15) is 0 Å². The summed E-state index contributed by atoms with van der Waals surface area (Å²) in [4.78, 5) is 14.4. The fourth-order valence-corrected chi connectivity index (χ4v) is 3.48. The van der Waals surface area contributed by atoms with Crippen molar-refractivity contribution in [3.05, 3.63) is 46.6 Å². The topological polar surface area (TPSA) is 58.4 Å². The van der Waals surface area contributed by atoms with Crippen LogP contribution in [0, 0.1) is 12.7 Å². The molecule has 1 unspecified atom stereocenters. The second-order valence-electron chi connectivity index (χ2n) is 6.64. The van der Waals surface area contributed by atoms with E-state index in [2.05, 4.69) is 10.5 Å². The second kappa shape index (κ2) is 5.61. The molecule has 5 nitrogen and oxygen atoms in total. The quantitative estimate of drug-likeness (QED) is 0.900. The molecule has 1 aliphatic heterocycles. The Morgan fingerprint density at radius 3 is 2.96 bits per heavy atom. The van der Waals surface area contributed by atoms with E-state index in [1.807, 2.05) is 19.9 Å². The van der Waals surface area contributed by atoms with Gasteiger partial charge in [0.05, 0.1) is 6.04 Å². The van der Waals surface area contributed by atoms with Crippen LogP contribution in [0.4, 0.5) is 14.9 Å². The van der Waals surface area contributed by atoms with Crippen LogP contribution in [0.2, 0.25) is 0 Å². The van der Waals surface area contributed by atoms with Gasteiger partial charge in [-0.15, -0.1) is 0 Å². The lowest BCUT2D eigenvalue weighted by atomic mass is 9.93. The number of carbonyl (C=O) groups is 1. The molecule has 0 bridgehead atoms. The molecular formula is C18H20FN3O2. The molecule has 6 heteroatoms. The van der Waals surface area contributed by atoms with Crippen molar-refractivity contribution < 1.29 is 13.7 Å². The molecular weight excluding hydrogens is 309 g/mol. The number of aryl methyl sites for hydroxylation is 1. The molecule has 1 aromatic heterocycles. The summed E-state index contributed by atoms with van der Waals surface area (Å²) in [7, 11) is 0. The van der Waals surface area contributed by atoms with E-state index < -0.39 is 0 Å². The molecule has 4 rings (SSSR count). The molecule has 24 heavy (non-hydrogen) atoms. The zero-order valence-electron chi connectivity index (χ0n) is 13.8. The second-order valence-corrected chi connectivity index (χ2v) is 6.64. The Bertz CT molecular complexity index is 798. The Morgan fingerprint density at radius 1 is 1.42 bits per heavy atom. The number of nitrogens with zero attached hydrogens (tertiary/aromatic N) is 2. The smallest absolute Gasteiger partial charge is 0.322 e. The fourth-order valence-electron chi connectivity index (χ4n) is 3.48. The van der Waals surface area contributed by atoms with Crippen molar-refractivity contribution in [2.45, 2.75) is 45.1 Å². The molecule has 0 saturated heterocycles.